The van der Waals surface area contributed by atoms with Gasteiger partial charge in [-0.25, -0.2) is 4.39 Å². The zero-order valence-electron chi connectivity index (χ0n) is 16.9. The first kappa shape index (κ1) is 21.3. The largest absolute Gasteiger partial charge is 0.492 e. The number of benzene rings is 2. The predicted molar refractivity (Wildman–Crippen MR) is 119 cm³/mol. The second kappa shape index (κ2) is 9.92. The summed E-state index contributed by atoms with van der Waals surface area (Å²) in [6.45, 7) is 4.85. The van der Waals surface area contributed by atoms with Gasteiger partial charge >= 0.3 is 0 Å². The highest BCUT2D eigenvalue weighted by Crippen LogP contribution is 2.32. The number of nitrogens with one attached hydrogen (secondary N) is 1. The van der Waals surface area contributed by atoms with Gasteiger partial charge in [-0.15, -0.1) is 0 Å². The Bertz CT molecular complexity index is 1110. The minimum Gasteiger partial charge on any atom is -0.492 e. The van der Waals surface area contributed by atoms with Gasteiger partial charge in [-0.05, 0) is 42.8 Å². The summed E-state index contributed by atoms with van der Waals surface area (Å²) in [5.41, 5.74) is 1.80. The van der Waals surface area contributed by atoms with Crippen LogP contribution in [0.4, 0.5) is 15.8 Å². The minimum absolute atomic E-state index is 0.291. The molecule has 4 rings (SSSR count). The molecule has 31 heavy (non-hydrogen) atoms. The predicted octanol–water partition coefficient (Wildman–Crippen LogP) is 4.74. The van der Waals surface area contributed by atoms with Crippen molar-refractivity contribution in [1.29, 1.82) is 5.26 Å². The second-order valence-corrected chi connectivity index (χ2v) is 7.65. The lowest BCUT2D eigenvalue weighted by molar-refractivity contribution is 0.0358. The molecule has 0 spiro atoms. The Kier molecular flexibility index (Phi) is 6.82. The van der Waals surface area contributed by atoms with E-state index in [2.05, 4.69) is 21.3 Å². The summed E-state index contributed by atoms with van der Waals surface area (Å²) in [5, 5.41) is 13.8. The Morgan fingerprint density at radius 2 is 2.03 bits per heavy atom. The van der Waals surface area contributed by atoms with Crippen molar-refractivity contribution in [1.82, 2.24) is 9.88 Å². The lowest BCUT2D eigenvalue weighted by Crippen LogP contribution is -2.37. The third-order valence-corrected chi connectivity index (χ3v) is 5.40. The molecule has 0 bridgehead atoms. The number of nitriles is 1. The van der Waals surface area contributed by atoms with Gasteiger partial charge < -0.3 is 14.8 Å². The molecule has 1 N–H and O–H groups in total. The lowest BCUT2D eigenvalue weighted by Gasteiger charge is -2.26. The maximum absolute atomic E-state index is 14.2. The van der Waals surface area contributed by atoms with Crippen LogP contribution in [0.15, 0.2) is 42.6 Å². The standard InChI is InChI=1S/C23H22ClFN4O2/c24-16-2-4-21(19(25)14-16)28-20-6-7-27-23-17(20)3-5-22(18(23)15-26)31-11-1-8-29-9-12-30-13-10-29/h2-7,14H,1,8-13H2,(H,27,28). The van der Waals surface area contributed by atoms with Gasteiger partial charge in [-0.2, -0.15) is 5.26 Å². The number of nitrogens with zero attached hydrogens (tertiary/aromatic N) is 3. The van der Waals surface area contributed by atoms with Crippen LogP contribution in [0.3, 0.4) is 0 Å². The van der Waals surface area contributed by atoms with Gasteiger partial charge in [0.05, 0.1) is 31.0 Å². The van der Waals surface area contributed by atoms with Crippen LogP contribution in [0.5, 0.6) is 5.75 Å². The normalized spacial score (nSPS) is 14.4. The van der Waals surface area contributed by atoms with Crippen LogP contribution >= 0.6 is 11.6 Å². The fourth-order valence-corrected chi connectivity index (χ4v) is 3.73. The average Bonchev–Trinajstić information content (AvgIpc) is 2.79. The van der Waals surface area contributed by atoms with E-state index >= 15 is 0 Å². The summed E-state index contributed by atoms with van der Waals surface area (Å²) in [7, 11) is 0. The molecular weight excluding hydrogens is 419 g/mol. The molecule has 6 nitrogen and oxygen atoms in total. The van der Waals surface area contributed by atoms with Crippen molar-refractivity contribution >= 4 is 33.9 Å². The molecule has 1 aliphatic rings. The Morgan fingerprint density at radius 1 is 1.19 bits per heavy atom. The number of halogens is 2. The first-order chi connectivity index (χ1) is 15.2. The number of ether oxygens (including phenoxy) is 2. The van der Waals surface area contributed by atoms with E-state index in [1.165, 1.54) is 6.07 Å². The Hall–Kier alpha value is -2.92. The van der Waals surface area contributed by atoms with E-state index in [0.717, 1.165) is 39.3 Å². The molecule has 2 aromatic carbocycles. The molecule has 3 aromatic rings. The third-order valence-electron chi connectivity index (χ3n) is 5.17. The summed E-state index contributed by atoms with van der Waals surface area (Å²) < 4.78 is 25.5. The van der Waals surface area contributed by atoms with E-state index in [1.807, 2.05) is 6.07 Å². The molecule has 0 aliphatic carbocycles. The fraction of sp³-hybridized carbons (Fsp3) is 0.304. The van der Waals surface area contributed by atoms with Crippen molar-refractivity contribution in [2.45, 2.75) is 6.42 Å². The van der Waals surface area contributed by atoms with Gasteiger partial charge in [-0.3, -0.25) is 9.88 Å². The molecule has 1 aliphatic heterocycles. The highest BCUT2D eigenvalue weighted by Gasteiger charge is 2.14. The number of anilines is 2. The SMILES string of the molecule is N#Cc1c(OCCCN2CCOCC2)ccc2c(Nc3ccc(Cl)cc3F)ccnc12. The molecular formula is C23H22ClFN4O2. The maximum atomic E-state index is 14.2. The zero-order valence-corrected chi connectivity index (χ0v) is 17.7. The minimum atomic E-state index is -0.460. The maximum Gasteiger partial charge on any atom is 0.148 e. The number of hydrogen-bond acceptors (Lipinski definition) is 6. The van der Waals surface area contributed by atoms with Crippen LogP contribution in [-0.4, -0.2) is 49.3 Å². The van der Waals surface area contributed by atoms with Crippen LogP contribution in [0.25, 0.3) is 10.9 Å². The molecule has 0 atom stereocenters. The first-order valence-corrected chi connectivity index (χ1v) is 10.5. The second-order valence-electron chi connectivity index (χ2n) is 7.21. The number of rotatable bonds is 7. The van der Waals surface area contributed by atoms with Crippen molar-refractivity contribution in [2.24, 2.45) is 0 Å². The van der Waals surface area contributed by atoms with Gasteiger partial charge in [0.25, 0.3) is 0 Å². The smallest absolute Gasteiger partial charge is 0.148 e. The van der Waals surface area contributed by atoms with Gasteiger partial charge in [0.15, 0.2) is 0 Å². The molecule has 2 heterocycles. The van der Waals surface area contributed by atoms with E-state index in [9.17, 15) is 9.65 Å². The summed E-state index contributed by atoms with van der Waals surface area (Å²) in [4.78, 5) is 6.71. The molecule has 1 fully saturated rings. The molecule has 1 aromatic heterocycles. The van der Waals surface area contributed by atoms with E-state index in [1.54, 1.807) is 30.5 Å². The molecule has 0 saturated carbocycles. The van der Waals surface area contributed by atoms with Crippen molar-refractivity contribution in [2.75, 3.05) is 44.8 Å². The zero-order chi connectivity index (χ0) is 21.6. The quantitative estimate of drug-likeness (QED) is 0.535. The van der Waals surface area contributed by atoms with Crippen LogP contribution in [0.2, 0.25) is 5.02 Å². The fourth-order valence-electron chi connectivity index (χ4n) is 3.57. The topological polar surface area (TPSA) is 70.4 Å². The summed E-state index contributed by atoms with van der Waals surface area (Å²) in [6.07, 6.45) is 2.44. The van der Waals surface area contributed by atoms with E-state index in [4.69, 9.17) is 21.1 Å². The first-order valence-electron chi connectivity index (χ1n) is 10.1. The number of pyridine rings is 1. The lowest BCUT2D eigenvalue weighted by atomic mass is 10.1. The molecule has 0 unspecified atom stereocenters. The summed E-state index contributed by atoms with van der Waals surface area (Å²) in [5.74, 6) is 0.0393. The number of fused-ring (bicyclic) bond motifs is 1. The van der Waals surface area contributed by atoms with E-state index in [0.29, 0.717) is 45.2 Å². The van der Waals surface area contributed by atoms with Gasteiger partial charge in [0.2, 0.25) is 0 Å². The average molecular weight is 441 g/mol. The molecule has 160 valence electrons. The number of hydrogen-bond donors (Lipinski definition) is 1. The summed E-state index contributed by atoms with van der Waals surface area (Å²) in [6, 6.07) is 12.0. The highest BCUT2D eigenvalue weighted by atomic mass is 35.5. The van der Waals surface area contributed by atoms with E-state index < -0.39 is 5.82 Å². The van der Waals surface area contributed by atoms with E-state index in [-0.39, 0.29) is 0 Å². The molecule has 8 heteroatoms. The van der Waals surface area contributed by atoms with Gasteiger partial charge in [-0.1, -0.05) is 11.6 Å². The van der Waals surface area contributed by atoms with Crippen LogP contribution in [0.1, 0.15) is 12.0 Å². The van der Waals surface area contributed by atoms with Gasteiger partial charge in [0, 0.05) is 41.9 Å². The van der Waals surface area contributed by atoms with Crippen molar-refractivity contribution in [3.05, 3.63) is 59.0 Å². The van der Waals surface area contributed by atoms with Crippen molar-refractivity contribution in [3.8, 4) is 11.8 Å². The van der Waals surface area contributed by atoms with Crippen molar-refractivity contribution < 1.29 is 13.9 Å². The van der Waals surface area contributed by atoms with Crippen molar-refractivity contribution in [3.63, 3.8) is 0 Å². The molecule has 1 saturated heterocycles. The Morgan fingerprint density at radius 3 is 2.81 bits per heavy atom. The highest BCUT2D eigenvalue weighted by molar-refractivity contribution is 6.30. The summed E-state index contributed by atoms with van der Waals surface area (Å²) >= 11 is 5.83. The Labute approximate surface area is 185 Å². The molecule has 0 radical (unpaired) electrons. The van der Waals surface area contributed by atoms with Crippen LogP contribution in [-0.2, 0) is 4.74 Å². The van der Waals surface area contributed by atoms with Gasteiger partial charge in [0.1, 0.15) is 23.2 Å². The molecule has 0 amide bonds. The number of aromatic nitrogens is 1. The monoisotopic (exact) mass is 440 g/mol. The van der Waals surface area contributed by atoms with Crippen LogP contribution in [0, 0.1) is 17.1 Å². The number of morpholine rings is 1. The van der Waals surface area contributed by atoms with Crippen LogP contribution < -0.4 is 10.1 Å². The Balaban J connectivity index is 1.51. The third kappa shape index (κ3) is 5.05.